The number of rotatable bonds is 4. The van der Waals surface area contributed by atoms with E-state index in [1.165, 1.54) is 0 Å². The van der Waals surface area contributed by atoms with Gasteiger partial charge in [0.05, 0.1) is 0 Å². The summed E-state index contributed by atoms with van der Waals surface area (Å²) < 4.78 is 0. The highest BCUT2D eigenvalue weighted by molar-refractivity contribution is 6.20. The molecule has 2 aliphatic rings. The lowest BCUT2D eigenvalue weighted by atomic mass is 9.82. The first kappa shape index (κ1) is 13.0. The molecule has 1 unspecified atom stereocenters. The van der Waals surface area contributed by atoms with E-state index >= 15 is 0 Å². The molecule has 0 bridgehead atoms. The summed E-state index contributed by atoms with van der Waals surface area (Å²) in [7, 11) is 0. The van der Waals surface area contributed by atoms with Crippen LogP contribution in [0, 0.1) is 5.92 Å². The fraction of sp³-hybridized carbons (Fsp3) is 0.500. The number of hydrogen-bond donors (Lipinski definition) is 0. The summed E-state index contributed by atoms with van der Waals surface area (Å²) in [5.41, 5.74) is 1.38. The lowest BCUT2D eigenvalue weighted by Gasteiger charge is -2.20. The molecule has 0 aromatic rings. The summed E-state index contributed by atoms with van der Waals surface area (Å²) >= 11 is 0. The minimum absolute atomic E-state index is 0.0389. The van der Waals surface area contributed by atoms with Crippen molar-refractivity contribution < 1.29 is 9.59 Å². The van der Waals surface area contributed by atoms with Gasteiger partial charge < -0.3 is 0 Å². The van der Waals surface area contributed by atoms with Crippen molar-refractivity contribution in [2.45, 2.75) is 45.4 Å². The van der Waals surface area contributed by atoms with Gasteiger partial charge in [0.15, 0.2) is 11.6 Å². The van der Waals surface area contributed by atoms with E-state index in [4.69, 9.17) is 0 Å². The van der Waals surface area contributed by atoms with Gasteiger partial charge in [-0.15, -0.1) is 0 Å². The maximum atomic E-state index is 12.1. The Morgan fingerprint density at radius 1 is 1.22 bits per heavy atom. The third-order valence-corrected chi connectivity index (χ3v) is 3.65. The van der Waals surface area contributed by atoms with Crippen molar-refractivity contribution in [3.63, 3.8) is 0 Å². The van der Waals surface area contributed by atoms with Gasteiger partial charge in [-0.3, -0.25) is 9.59 Å². The zero-order valence-corrected chi connectivity index (χ0v) is 10.9. The summed E-state index contributed by atoms with van der Waals surface area (Å²) in [6, 6.07) is 0. The highest BCUT2D eigenvalue weighted by Crippen LogP contribution is 2.28. The van der Waals surface area contributed by atoms with Crippen molar-refractivity contribution in [3.8, 4) is 0 Å². The van der Waals surface area contributed by atoms with E-state index < -0.39 is 0 Å². The van der Waals surface area contributed by atoms with Crippen LogP contribution >= 0.6 is 0 Å². The fourth-order valence-electron chi connectivity index (χ4n) is 2.54. The summed E-state index contributed by atoms with van der Waals surface area (Å²) in [6.07, 6.45) is 13.2. The minimum Gasteiger partial charge on any atom is -0.290 e. The van der Waals surface area contributed by atoms with Crippen LogP contribution < -0.4 is 0 Å². The molecule has 0 heterocycles. The average molecular weight is 244 g/mol. The molecule has 0 aromatic heterocycles. The van der Waals surface area contributed by atoms with Crippen LogP contribution in [0.3, 0.4) is 0 Å². The third-order valence-electron chi connectivity index (χ3n) is 3.65. The second-order valence-electron chi connectivity index (χ2n) is 5.07. The molecule has 0 saturated carbocycles. The fourth-order valence-corrected chi connectivity index (χ4v) is 2.54. The molecule has 0 amide bonds. The quantitative estimate of drug-likeness (QED) is 0.560. The van der Waals surface area contributed by atoms with Crippen molar-refractivity contribution in [2.24, 2.45) is 5.92 Å². The van der Waals surface area contributed by atoms with Gasteiger partial charge >= 0.3 is 0 Å². The van der Waals surface area contributed by atoms with E-state index in [0.717, 1.165) is 38.5 Å². The number of hydrogen-bond acceptors (Lipinski definition) is 2. The first-order valence-electron chi connectivity index (χ1n) is 6.90. The Morgan fingerprint density at radius 3 is 2.72 bits per heavy atom. The van der Waals surface area contributed by atoms with E-state index in [2.05, 4.69) is 19.1 Å². The van der Waals surface area contributed by atoms with Gasteiger partial charge in [0.2, 0.25) is 0 Å². The number of carbonyl (C=O) groups is 2. The summed E-state index contributed by atoms with van der Waals surface area (Å²) in [4.78, 5) is 24.1. The van der Waals surface area contributed by atoms with Crippen LogP contribution in [0.5, 0.6) is 0 Å². The Hall–Kier alpha value is -1.44. The molecule has 1 atom stereocenters. The molecule has 18 heavy (non-hydrogen) atoms. The molecule has 0 aromatic carbocycles. The van der Waals surface area contributed by atoms with Gasteiger partial charge in [0.25, 0.3) is 0 Å². The van der Waals surface area contributed by atoms with Gasteiger partial charge in [-0.05, 0) is 44.3 Å². The van der Waals surface area contributed by atoms with Crippen LogP contribution in [-0.4, -0.2) is 11.6 Å². The van der Waals surface area contributed by atoms with Gasteiger partial charge in [-0.25, -0.2) is 0 Å². The summed E-state index contributed by atoms with van der Waals surface area (Å²) in [5, 5.41) is 0. The van der Waals surface area contributed by atoms with Gasteiger partial charge in [0.1, 0.15) is 0 Å². The average Bonchev–Trinajstić information content (AvgIpc) is 2.40. The van der Waals surface area contributed by atoms with Crippen LogP contribution in [-0.2, 0) is 9.59 Å². The van der Waals surface area contributed by atoms with Crippen molar-refractivity contribution in [1.82, 2.24) is 0 Å². The van der Waals surface area contributed by atoms with E-state index in [-0.39, 0.29) is 17.5 Å². The molecular weight excluding hydrogens is 224 g/mol. The zero-order valence-electron chi connectivity index (χ0n) is 10.9. The topological polar surface area (TPSA) is 34.1 Å². The molecule has 0 aliphatic heterocycles. The molecule has 0 radical (unpaired) electrons. The van der Waals surface area contributed by atoms with Crippen LogP contribution in [0.2, 0.25) is 0 Å². The van der Waals surface area contributed by atoms with Crippen LogP contribution in [0.25, 0.3) is 0 Å². The summed E-state index contributed by atoms with van der Waals surface area (Å²) in [5.74, 6) is 0.230. The standard InChI is InChI=1S/C16H20O2/c1-2-3-7-13-10-16(18)14(11-15(13)17)12-8-5-4-6-9-12/h5,8,10-12H,2-4,6-7,9H2,1H3. The minimum atomic E-state index is 0.0389. The van der Waals surface area contributed by atoms with E-state index in [1.54, 1.807) is 12.2 Å². The predicted molar refractivity (Wildman–Crippen MR) is 72.2 cm³/mol. The molecule has 0 saturated heterocycles. The Balaban J connectivity index is 2.12. The molecule has 2 aliphatic carbocycles. The number of unbranched alkanes of at least 4 members (excludes halogenated alkanes) is 1. The van der Waals surface area contributed by atoms with Crippen molar-refractivity contribution >= 4 is 11.6 Å². The van der Waals surface area contributed by atoms with Crippen LogP contribution in [0.1, 0.15) is 45.4 Å². The highest BCUT2D eigenvalue weighted by atomic mass is 16.1. The number of allylic oxidation sites excluding steroid dienone is 6. The van der Waals surface area contributed by atoms with Crippen LogP contribution in [0.4, 0.5) is 0 Å². The largest absolute Gasteiger partial charge is 0.290 e. The molecule has 2 rings (SSSR count). The van der Waals surface area contributed by atoms with Crippen molar-refractivity contribution in [2.75, 3.05) is 0 Å². The van der Waals surface area contributed by atoms with E-state index in [1.807, 2.05) is 0 Å². The van der Waals surface area contributed by atoms with E-state index in [0.29, 0.717) is 11.1 Å². The lowest BCUT2D eigenvalue weighted by molar-refractivity contribution is -0.115. The molecular formula is C16H20O2. The second-order valence-corrected chi connectivity index (χ2v) is 5.07. The molecule has 2 heteroatoms. The van der Waals surface area contributed by atoms with Gasteiger partial charge in [0, 0.05) is 17.1 Å². The maximum Gasteiger partial charge on any atom is 0.182 e. The molecule has 0 N–H and O–H groups in total. The Bertz CT molecular complexity index is 438. The number of ketones is 2. The molecule has 0 spiro atoms. The summed E-state index contributed by atoms with van der Waals surface area (Å²) in [6.45, 7) is 2.09. The second kappa shape index (κ2) is 5.94. The Morgan fingerprint density at radius 2 is 2.06 bits per heavy atom. The van der Waals surface area contributed by atoms with E-state index in [9.17, 15) is 9.59 Å². The van der Waals surface area contributed by atoms with Crippen molar-refractivity contribution in [1.29, 1.82) is 0 Å². The monoisotopic (exact) mass is 244 g/mol. The maximum absolute atomic E-state index is 12.1. The smallest absolute Gasteiger partial charge is 0.182 e. The third kappa shape index (κ3) is 2.87. The van der Waals surface area contributed by atoms with Crippen LogP contribution in [0.15, 0.2) is 35.5 Å². The zero-order chi connectivity index (χ0) is 13.0. The lowest BCUT2D eigenvalue weighted by Crippen LogP contribution is -2.19. The van der Waals surface area contributed by atoms with Gasteiger partial charge in [-0.1, -0.05) is 25.5 Å². The Labute approximate surface area is 108 Å². The first-order valence-corrected chi connectivity index (χ1v) is 6.90. The normalized spacial score (nSPS) is 23.9. The molecule has 96 valence electrons. The highest BCUT2D eigenvalue weighted by Gasteiger charge is 2.25. The predicted octanol–water partition coefficient (Wildman–Crippen LogP) is 3.54. The van der Waals surface area contributed by atoms with Crippen molar-refractivity contribution in [3.05, 3.63) is 35.5 Å². The SMILES string of the molecule is CCCCC1=CC(=O)C(C2C=CCCC2)=CC1=O. The van der Waals surface area contributed by atoms with Gasteiger partial charge in [-0.2, -0.15) is 0 Å². The molecule has 0 fully saturated rings. The molecule has 2 nitrogen and oxygen atoms in total. The number of carbonyl (C=O) groups excluding carboxylic acids is 2. The Kier molecular flexibility index (Phi) is 4.29. The first-order chi connectivity index (χ1) is 8.72.